The number of aryl methyl sites for hydroxylation is 2. The highest BCUT2D eigenvalue weighted by Gasteiger charge is 2.18. The number of H-pyrrole nitrogens is 1. The summed E-state index contributed by atoms with van der Waals surface area (Å²) in [6.07, 6.45) is 0. The Kier molecular flexibility index (Phi) is 5.86. The summed E-state index contributed by atoms with van der Waals surface area (Å²) in [5.74, 6) is -0.373. The third kappa shape index (κ3) is 4.67. The summed E-state index contributed by atoms with van der Waals surface area (Å²) in [6, 6.07) is 14.9. The lowest BCUT2D eigenvalue weighted by Gasteiger charge is -2.23. The molecule has 31 heavy (non-hydrogen) atoms. The number of carbonyl (C=O) groups excluding carboxylic acids is 1. The van der Waals surface area contributed by atoms with Crippen LogP contribution < -0.4 is 10.9 Å². The van der Waals surface area contributed by atoms with Crippen molar-refractivity contribution in [3.05, 3.63) is 97.7 Å². The zero-order valence-corrected chi connectivity index (χ0v) is 18.1. The number of hydrogen-bond donors (Lipinski definition) is 2. The molecule has 0 unspecified atom stereocenters. The molecule has 5 nitrogen and oxygen atoms in total. The minimum Gasteiger partial charge on any atom is -0.321 e. The highest BCUT2D eigenvalue weighted by Crippen LogP contribution is 2.21. The van der Waals surface area contributed by atoms with Crippen LogP contribution in [0, 0.1) is 19.7 Å². The number of aromatic nitrogens is 1. The van der Waals surface area contributed by atoms with Gasteiger partial charge in [0.2, 0.25) is 0 Å². The lowest BCUT2D eigenvalue weighted by atomic mass is 10.0. The van der Waals surface area contributed by atoms with Gasteiger partial charge < -0.3 is 15.2 Å². The van der Waals surface area contributed by atoms with Crippen LogP contribution in [0.5, 0.6) is 0 Å². The van der Waals surface area contributed by atoms with E-state index in [1.54, 1.807) is 16.2 Å². The second-order valence-electron chi connectivity index (χ2n) is 7.47. The van der Waals surface area contributed by atoms with Crippen molar-refractivity contribution in [3.8, 4) is 0 Å². The van der Waals surface area contributed by atoms with Gasteiger partial charge in [-0.2, -0.15) is 0 Å². The van der Waals surface area contributed by atoms with Crippen molar-refractivity contribution >= 4 is 34.0 Å². The highest BCUT2D eigenvalue weighted by atomic mass is 32.1. The fourth-order valence-corrected chi connectivity index (χ4v) is 4.14. The molecular weight excluding hydrogens is 413 g/mol. The van der Waals surface area contributed by atoms with Gasteiger partial charge in [0, 0.05) is 16.1 Å². The molecule has 4 rings (SSSR count). The Morgan fingerprint density at radius 3 is 2.58 bits per heavy atom. The number of carbonyl (C=O) groups is 1. The van der Waals surface area contributed by atoms with Crippen molar-refractivity contribution < 1.29 is 9.18 Å². The van der Waals surface area contributed by atoms with E-state index in [2.05, 4.69) is 10.3 Å². The van der Waals surface area contributed by atoms with Crippen molar-refractivity contribution in [2.75, 3.05) is 5.32 Å². The standard InChI is InChI=1S/C24H22FN3O2S/c1-15-5-6-17-12-18(23(29)27-22(17)16(15)2)13-28(14-21-4-3-11-31-21)24(30)26-20-9-7-19(25)8-10-20/h3-12H,13-14H2,1-2H3,(H,26,30)(H,27,29). The number of hydrogen-bond acceptors (Lipinski definition) is 3. The summed E-state index contributed by atoms with van der Waals surface area (Å²) in [5, 5.41) is 5.66. The van der Waals surface area contributed by atoms with Crippen molar-refractivity contribution in [1.29, 1.82) is 0 Å². The molecule has 0 atom stereocenters. The van der Waals surface area contributed by atoms with Crippen LogP contribution >= 0.6 is 11.3 Å². The van der Waals surface area contributed by atoms with Crippen molar-refractivity contribution in [3.63, 3.8) is 0 Å². The molecular formula is C24H22FN3O2S. The van der Waals surface area contributed by atoms with E-state index < -0.39 is 0 Å². The number of thiophene rings is 1. The van der Waals surface area contributed by atoms with Gasteiger partial charge in [-0.3, -0.25) is 4.79 Å². The van der Waals surface area contributed by atoms with Crippen molar-refractivity contribution in [2.24, 2.45) is 0 Å². The number of rotatable bonds is 5. The average Bonchev–Trinajstić information content (AvgIpc) is 3.26. The fraction of sp³-hybridized carbons (Fsp3) is 0.167. The molecule has 2 aromatic carbocycles. The van der Waals surface area contributed by atoms with E-state index in [0.717, 1.165) is 26.9 Å². The molecule has 0 bridgehead atoms. The van der Waals surface area contributed by atoms with Gasteiger partial charge in [-0.25, -0.2) is 9.18 Å². The van der Waals surface area contributed by atoms with E-state index >= 15 is 0 Å². The molecule has 2 aromatic heterocycles. The Bertz CT molecular complexity index is 1280. The second kappa shape index (κ2) is 8.73. The molecule has 158 valence electrons. The van der Waals surface area contributed by atoms with E-state index in [9.17, 15) is 14.0 Å². The number of amides is 2. The van der Waals surface area contributed by atoms with Gasteiger partial charge in [-0.15, -0.1) is 11.3 Å². The maximum Gasteiger partial charge on any atom is 0.322 e. The minimum absolute atomic E-state index is 0.142. The first kappa shape index (κ1) is 20.8. The van der Waals surface area contributed by atoms with Crippen LogP contribution in [0.2, 0.25) is 0 Å². The zero-order valence-electron chi connectivity index (χ0n) is 17.2. The Morgan fingerprint density at radius 2 is 1.87 bits per heavy atom. The summed E-state index contributed by atoms with van der Waals surface area (Å²) in [5.41, 5.74) is 3.73. The maximum absolute atomic E-state index is 13.2. The minimum atomic E-state index is -0.373. The molecule has 0 spiro atoms. The van der Waals surface area contributed by atoms with Crippen molar-refractivity contribution in [1.82, 2.24) is 9.88 Å². The molecule has 4 aromatic rings. The Hall–Kier alpha value is -3.45. The van der Waals surface area contributed by atoms with E-state index in [-0.39, 0.29) is 24.0 Å². The first-order valence-corrected chi connectivity index (χ1v) is 10.7. The average molecular weight is 436 g/mol. The summed E-state index contributed by atoms with van der Waals surface area (Å²) >= 11 is 1.54. The topological polar surface area (TPSA) is 65.2 Å². The molecule has 2 N–H and O–H groups in total. The number of pyridine rings is 1. The smallest absolute Gasteiger partial charge is 0.321 e. The first-order valence-electron chi connectivity index (χ1n) is 9.86. The third-order valence-corrected chi connectivity index (χ3v) is 6.16. The SMILES string of the molecule is Cc1ccc2cc(CN(Cc3cccs3)C(=O)Nc3ccc(F)cc3)c(=O)[nH]c2c1C. The molecule has 2 amide bonds. The van der Waals surface area contributed by atoms with Gasteiger partial charge in [0.1, 0.15) is 5.82 Å². The summed E-state index contributed by atoms with van der Waals surface area (Å²) in [7, 11) is 0. The first-order chi connectivity index (χ1) is 14.9. The number of aromatic amines is 1. The number of urea groups is 1. The number of nitrogens with one attached hydrogen (secondary N) is 2. The van der Waals surface area contributed by atoms with Crippen LogP contribution in [0.3, 0.4) is 0 Å². The quantitative estimate of drug-likeness (QED) is 0.430. The predicted octanol–water partition coefficient (Wildman–Crippen LogP) is 5.58. The predicted molar refractivity (Wildman–Crippen MR) is 123 cm³/mol. The molecule has 0 radical (unpaired) electrons. The Morgan fingerprint density at radius 1 is 1.10 bits per heavy atom. The van der Waals surface area contributed by atoms with Crippen LogP contribution in [0.4, 0.5) is 14.9 Å². The summed E-state index contributed by atoms with van der Waals surface area (Å²) in [4.78, 5) is 31.4. The zero-order chi connectivity index (χ0) is 22.0. The number of anilines is 1. The number of benzene rings is 2. The Balaban J connectivity index is 1.64. The normalized spacial score (nSPS) is 10.9. The number of halogens is 1. The van der Waals surface area contributed by atoms with Crippen molar-refractivity contribution in [2.45, 2.75) is 26.9 Å². The molecule has 0 saturated carbocycles. The van der Waals surface area contributed by atoms with Crippen LogP contribution in [0.15, 0.2) is 64.8 Å². The summed E-state index contributed by atoms with van der Waals surface area (Å²) < 4.78 is 13.2. The number of nitrogens with zero attached hydrogens (tertiary/aromatic N) is 1. The highest BCUT2D eigenvalue weighted by molar-refractivity contribution is 7.09. The molecule has 0 aliphatic carbocycles. The van der Waals surface area contributed by atoms with Gasteiger partial charge in [0.05, 0.1) is 18.6 Å². The maximum atomic E-state index is 13.2. The van der Waals surface area contributed by atoms with Crippen LogP contribution in [0.25, 0.3) is 10.9 Å². The molecule has 0 fully saturated rings. The Labute approximate surface area is 183 Å². The van der Waals surface area contributed by atoms with Gasteiger partial charge in [-0.05, 0) is 72.1 Å². The van der Waals surface area contributed by atoms with Crippen LogP contribution in [0.1, 0.15) is 21.6 Å². The van der Waals surface area contributed by atoms with Gasteiger partial charge >= 0.3 is 6.03 Å². The van der Waals surface area contributed by atoms with Gasteiger partial charge in [0.15, 0.2) is 0 Å². The monoisotopic (exact) mass is 435 g/mol. The third-order valence-electron chi connectivity index (χ3n) is 5.30. The molecule has 2 heterocycles. The van der Waals surface area contributed by atoms with Crippen LogP contribution in [-0.4, -0.2) is 15.9 Å². The largest absolute Gasteiger partial charge is 0.322 e. The molecule has 7 heteroatoms. The lowest BCUT2D eigenvalue weighted by Crippen LogP contribution is -2.35. The fourth-order valence-electron chi connectivity index (χ4n) is 3.42. The van der Waals surface area contributed by atoms with Gasteiger partial charge in [-0.1, -0.05) is 18.2 Å². The van der Waals surface area contributed by atoms with Gasteiger partial charge in [0.25, 0.3) is 5.56 Å². The van der Waals surface area contributed by atoms with E-state index in [1.807, 2.05) is 49.6 Å². The van der Waals surface area contributed by atoms with E-state index in [0.29, 0.717) is 17.8 Å². The summed E-state index contributed by atoms with van der Waals surface area (Å²) in [6.45, 7) is 4.48. The van der Waals surface area contributed by atoms with E-state index in [1.165, 1.54) is 24.3 Å². The molecule has 0 aliphatic heterocycles. The second-order valence-corrected chi connectivity index (χ2v) is 8.50. The lowest BCUT2D eigenvalue weighted by molar-refractivity contribution is 0.207. The molecule has 0 saturated heterocycles. The van der Waals surface area contributed by atoms with Crippen LogP contribution in [-0.2, 0) is 13.1 Å². The molecule has 0 aliphatic rings. The van der Waals surface area contributed by atoms with E-state index in [4.69, 9.17) is 0 Å². The number of fused-ring (bicyclic) bond motifs is 1.